The van der Waals surface area contributed by atoms with Gasteiger partial charge in [-0.25, -0.2) is 15.0 Å². The fourth-order valence-electron chi connectivity index (χ4n) is 5.77. The summed E-state index contributed by atoms with van der Waals surface area (Å²) in [4.78, 5) is 18.3. The predicted molar refractivity (Wildman–Crippen MR) is 147 cm³/mol. The number of nitrogens with one attached hydrogen (secondary N) is 1. The summed E-state index contributed by atoms with van der Waals surface area (Å²) >= 11 is 1.71. The molecule has 1 aliphatic carbocycles. The van der Waals surface area contributed by atoms with Crippen molar-refractivity contribution in [2.24, 2.45) is 5.41 Å². The molecule has 36 heavy (non-hydrogen) atoms. The number of para-hydroxylation sites is 1. The molecule has 1 aliphatic heterocycles. The molecule has 2 aliphatic rings. The first-order valence-electron chi connectivity index (χ1n) is 12.8. The molecule has 7 nitrogen and oxygen atoms in total. The molecule has 4 heterocycles. The quantitative estimate of drug-likeness (QED) is 0.347. The fourth-order valence-corrected chi connectivity index (χ4v) is 6.89. The van der Waals surface area contributed by atoms with Gasteiger partial charge in [0.25, 0.3) is 0 Å². The topological polar surface area (TPSA) is 72.4 Å². The Labute approximate surface area is 215 Å². The van der Waals surface area contributed by atoms with Gasteiger partial charge in [0, 0.05) is 30.6 Å². The highest BCUT2D eigenvalue weighted by molar-refractivity contribution is 7.26. The number of hydrogen-bond donors (Lipinski definition) is 1. The van der Waals surface area contributed by atoms with Crippen molar-refractivity contribution in [1.29, 1.82) is 0 Å². The van der Waals surface area contributed by atoms with Gasteiger partial charge in [0.05, 0.1) is 24.4 Å². The molecule has 8 heteroatoms. The summed E-state index contributed by atoms with van der Waals surface area (Å²) in [6.07, 6.45) is 7.51. The Morgan fingerprint density at radius 3 is 2.69 bits per heavy atom. The van der Waals surface area contributed by atoms with Gasteiger partial charge >= 0.3 is 0 Å². The summed E-state index contributed by atoms with van der Waals surface area (Å²) in [5, 5.41) is 4.77. The van der Waals surface area contributed by atoms with Crippen LogP contribution < -0.4 is 19.7 Å². The van der Waals surface area contributed by atoms with Crippen molar-refractivity contribution in [2.45, 2.75) is 52.5 Å². The van der Waals surface area contributed by atoms with Crippen molar-refractivity contribution in [1.82, 2.24) is 15.0 Å². The van der Waals surface area contributed by atoms with Crippen molar-refractivity contribution >= 4 is 43.4 Å². The summed E-state index contributed by atoms with van der Waals surface area (Å²) < 4.78 is 12.2. The van der Waals surface area contributed by atoms with Crippen LogP contribution in [0.1, 0.15) is 49.8 Å². The molecule has 1 fully saturated rings. The van der Waals surface area contributed by atoms with Crippen molar-refractivity contribution in [3.8, 4) is 11.5 Å². The van der Waals surface area contributed by atoms with Gasteiger partial charge in [0.15, 0.2) is 11.5 Å². The third-order valence-electron chi connectivity index (χ3n) is 7.64. The Hall–Kier alpha value is -3.13. The maximum absolute atomic E-state index is 5.63. The Morgan fingerprint density at radius 1 is 1.08 bits per heavy atom. The highest BCUT2D eigenvalue weighted by atomic mass is 32.1. The van der Waals surface area contributed by atoms with E-state index in [4.69, 9.17) is 19.4 Å². The highest BCUT2D eigenvalue weighted by Gasteiger charge is 2.33. The first kappa shape index (κ1) is 23.3. The molecule has 0 unspecified atom stereocenters. The molecule has 0 atom stereocenters. The third-order valence-corrected chi connectivity index (χ3v) is 8.72. The van der Waals surface area contributed by atoms with E-state index in [1.807, 2.05) is 18.2 Å². The van der Waals surface area contributed by atoms with Gasteiger partial charge < -0.3 is 19.7 Å². The van der Waals surface area contributed by atoms with Crippen LogP contribution in [0.25, 0.3) is 20.4 Å². The van der Waals surface area contributed by atoms with Crippen LogP contribution in [0.15, 0.2) is 24.5 Å². The number of fused-ring (bicyclic) bond motifs is 5. The maximum atomic E-state index is 5.63. The molecule has 0 spiro atoms. The number of thiophene rings is 1. The summed E-state index contributed by atoms with van der Waals surface area (Å²) in [6, 6.07) is 5.93. The fraction of sp³-hybridized carbons (Fsp3) is 0.464. The predicted octanol–water partition coefficient (Wildman–Crippen LogP) is 5.98. The van der Waals surface area contributed by atoms with Crippen molar-refractivity contribution in [2.75, 3.05) is 37.5 Å². The molecule has 1 aromatic carbocycles. The van der Waals surface area contributed by atoms with Gasteiger partial charge in [-0.1, -0.05) is 26.0 Å². The lowest BCUT2D eigenvalue weighted by Crippen LogP contribution is -2.27. The van der Waals surface area contributed by atoms with E-state index in [0.29, 0.717) is 6.54 Å². The number of rotatable bonds is 6. The lowest BCUT2D eigenvalue weighted by molar-refractivity contribution is 0.316. The van der Waals surface area contributed by atoms with Gasteiger partial charge in [-0.3, -0.25) is 0 Å². The SMILES string of the molecule is COc1cccc(CNc2ncnc3c2sc2nc(N4CCCC4)c4c(c23)CC(C)(C)CC4)c1OC. The van der Waals surface area contributed by atoms with Crippen molar-refractivity contribution in [3.63, 3.8) is 0 Å². The monoisotopic (exact) mass is 503 g/mol. The molecule has 1 saturated heterocycles. The average Bonchev–Trinajstić information content (AvgIpc) is 3.54. The Kier molecular flexibility index (Phi) is 5.86. The number of hydrogen-bond acceptors (Lipinski definition) is 8. The highest BCUT2D eigenvalue weighted by Crippen LogP contribution is 2.46. The number of ether oxygens (including phenoxy) is 2. The molecule has 1 N–H and O–H groups in total. The van der Waals surface area contributed by atoms with Crippen molar-refractivity contribution in [3.05, 3.63) is 41.2 Å². The molecule has 6 rings (SSSR count). The number of benzene rings is 1. The van der Waals surface area contributed by atoms with Crippen LogP contribution in [0, 0.1) is 5.41 Å². The van der Waals surface area contributed by atoms with E-state index in [0.717, 1.165) is 63.9 Å². The van der Waals surface area contributed by atoms with Crippen LogP contribution in [0.5, 0.6) is 11.5 Å². The molecule has 3 aromatic heterocycles. The first-order chi connectivity index (χ1) is 17.5. The molecule has 0 bridgehead atoms. The van der Waals surface area contributed by atoms with E-state index in [2.05, 4.69) is 29.0 Å². The maximum Gasteiger partial charge on any atom is 0.165 e. The van der Waals surface area contributed by atoms with Crippen LogP contribution in [0.2, 0.25) is 0 Å². The van der Waals surface area contributed by atoms with Gasteiger partial charge in [0.1, 0.15) is 22.8 Å². The summed E-state index contributed by atoms with van der Waals surface area (Å²) in [7, 11) is 3.33. The summed E-state index contributed by atoms with van der Waals surface area (Å²) in [5.74, 6) is 3.50. The third kappa shape index (κ3) is 3.92. The van der Waals surface area contributed by atoms with Crippen LogP contribution in [0.4, 0.5) is 11.6 Å². The number of nitrogens with zero attached hydrogens (tertiary/aromatic N) is 4. The number of anilines is 2. The van der Waals surface area contributed by atoms with E-state index in [1.54, 1.807) is 31.9 Å². The number of pyridine rings is 1. The molecular weight excluding hydrogens is 470 g/mol. The van der Waals surface area contributed by atoms with Crippen LogP contribution in [0.3, 0.4) is 0 Å². The molecule has 188 valence electrons. The smallest absolute Gasteiger partial charge is 0.165 e. The second kappa shape index (κ2) is 9.07. The standard InChI is InChI=1S/C28H33N5O2S/c1-28(2)11-10-18-19(14-28)21-22-24(36-27(21)32-26(18)33-12-5-6-13-33)25(31-16-30-22)29-15-17-8-7-9-20(34-3)23(17)35-4/h7-9,16H,5-6,10-15H2,1-4H3,(H,29,30,31). The normalized spacial score (nSPS) is 16.9. The molecule has 0 radical (unpaired) electrons. The molecule has 4 aromatic rings. The van der Waals surface area contributed by atoms with Gasteiger partial charge in [-0.05, 0) is 54.7 Å². The van der Waals surface area contributed by atoms with Gasteiger partial charge in [0.2, 0.25) is 0 Å². The van der Waals surface area contributed by atoms with Crippen LogP contribution in [-0.2, 0) is 19.4 Å². The Bertz CT molecular complexity index is 1440. The second-order valence-electron chi connectivity index (χ2n) is 10.6. The minimum Gasteiger partial charge on any atom is -0.493 e. The largest absolute Gasteiger partial charge is 0.493 e. The van der Waals surface area contributed by atoms with Gasteiger partial charge in [-0.15, -0.1) is 11.3 Å². The number of methoxy groups -OCH3 is 2. The van der Waals surface area contributed by atoms with Crippen molar-refractivity contribution < 1.29 is 9.47 Å². The van der Waals surface area contributed by atoms with Crippen LogP contribution >= 0.6 is 11.3 Å². The molecule has 0 saturated carbocycles. The Morgan fingerprint density at radius 2 is 1.92 bits per heavy atom. The molecular formula is C28H33N5O2S. The van der Waals surface area contributed by atoms with E-state index in [-0.39, 0.29) is 5.41 Å². The van der Waals surface area contributed by atoms with E-state index in [9.17, 15) is 0 Å². The lowest BCUT2D eigenvalue weighted by Gasteiger charge is -2.34. The first-order valence-corrected chi connectivity index (χ1v) is 13.6. The van der Waals surface area contributed by atoms with E-state index in [1.165, 1.54) is 41.6 Å². The minimum atomic E-state index is 0.273. The summed E-state index contributed by atoms with van der Waals surface area (Å²) in [6.45, 7) is 7.55. The average molecular weight is 504 g/mol. The summed E-state index contributed by atoms with van der Waals surface area (Å²) in [5.41, 5.74) is 5.19. The van der Waals surface area contributed by atoms with Crippen LogP contribution in [-0.4, -0.2) is 42.3 Å². The van der Waals surface area contributed by atoms with E-state index >= 15 is 0 Å². The lowest BCUT2D eigenvalue weighted by atomic mass is 9.73. The zero-order valence-electron chi connectivity index (χ0n) is 21.5. The number of aromatic nitrogens is 3. The zero-order chi connectivity index (χ0) is 24.9. The van der Waals surface area contributed by atoms with E-state index < -0.39 is 0 Å². The second-order valence-corrected chi connectivity index (χ2v) is 11.6. The minimum absolute atomic E-state index is 0.273. The molecule has 0 amide bonds. The Balaban J connectivity index is 1.46. The zero-order valence-corrected chi connectivity index (χ0v) is 22.3. The van der Waals surface area contributed by atoms with Gasteiger partial charge in [-0.2, -0.15) is 0 Å².